The van der Waals surface area contributed by atoms with Crippen LogP contribution in [0.15, 0.2) is 12.5 Å². The number of rotatable bonds is 4. The minimum absolute atomic E-state index is 0.386. The van der Waals surface area contributed by atoms with Crippen LogP contribution in [0.4, 0.5) is 0 Å². The van der Waals surface area contributed by atoms with Crippen molar-refractivity contribution < 1.29 is 0 Å². The molecule has 0 unspecified atom stereocenters. The fraction of sp³-hybridized carbons (Fsp3) is 0.522. The lowest BCUT2D eigenvalue weighted by atomic mass is 9.95. The van der Waals surface area contributed by atoms with Gasteiger partial charge in [0.1, 0.15) is 16.7 Å². The van der Waals surface area contributed by atoms with Crippen LogP contribution in [0.3, 0.4) is 0 Å². The Hall–Kier alpha value is -2.25. The highest BCUT2D eigenvalue weighted by Crippen LogP contribution is 2.41. The van der Waals surface area contributed by atoms with Crippen molar-refractivity contribution in [1.29, 1.82) is 0 Å². The number of aromatic nitrogens is 5. The van der Waals surface area contributed by atoms with E-state index in [0.717, 1.165) is 17.7 Å². The van der Waals surface area contributed by atoms with Gasteiger partial charge in [-0.15, -0.1) is 11.3 Å². The Kier molecular flexibility index (Phi) is 4.90. The van der Waals surface area contributed by atoms with Gasteiger partial charge in [-0.1, -0.05) is 20.8 Å². The molecule has 0 bridgehead atoms. The molecule has 1 saturated heterocycles. The first-order valence-corrected chi connectivity index (χ1v) is 11.8. The quantitative estimate of drug-likeness (QED) is 0.486. The third-order valence-electron chi connectivity index (χ3n) is 6.76. The van der Waals surface area contributed by atoms with E-state index in [0.29, 0.717) is 11.8 Å². The number of thiazole rings is 1. The lowest BCUT2D eigenvalue weighted by Gasteiger charge is -2.29. The monoisotopic (exact) mass is 422 g/mol. The number of aromatic amines is 1. The van der Waals surface area contributed by atoms with Crippen LogP contribution in [-0.4, -0.2) is 49.1 Å². The maximum atomic E-state index is 5.19. The second kappa shape index (κ2) is 7.46. The van der Waals surface area contributed by atoms with Crippen LogP contribution in [0.1, 0.15) is 67.1 Å². The molecule has 1 aliphatic rings. The highest BCUT2D eigenvalue weighted by molar-refractivity contribution is 7.18. The molecular formula is C23H30N6S. The first-order valence-electron chi connectivity index (χ1n) is 11.0. The minimum Gasteiger partial charge on any atom is -0.345 e. The van der Waals surface area contributed by atoms with Crippen LogP contribution in [0.25, 0.3) is 27.3 Å². The molecule has 1 N–H and O–H groups in total. The molecule has 7 heteroatoms. The Bertz CT molecular complexity index is 1210. The zero-order valence-corrected chi connectivity index (χ0v) is 19.3. The van der Waals surface area contributed by atoms with Gasteiger partial charge in [0.25, 0.3) is 0 Å². The molecule has 1 fully saturated rings. The number of hydrogen-bond donors (Lipinski definition) is 1. The number of H-pyrrole nitrogens is 1. The van der Waals surface area contributed by atoms with Crippen molar-refractivity contribution in [2.45, 2.75) is 59.3 Å². The van der Waals surface area contributed by atoms with E-state index in [1.165, 1.54) is 63.7 Å². The lowest BCUT2D eigenvalue weighted by molar-refractivity contribution is 0.222. The largest absolute Gasteiger partial charge is 0.345 e. The van der Waals surface area contributed by atoms with Gasteiger partial charge in [-0.3, -0.25) is 0 Å². The van der Waals surface area contributed by atoms with Crippen molar-refractivity contribution in [2.24, 2.45) is 0 Å². The molecule has 0 aromatic carbocycles. The average Bonchev–Trinajstić information content (AvgIpc) is 3.44. The molecule has 0 atom stereocenters. The van der Waals surface area contributed by atoms with Crippen molar-refractivity contribution in [2.75, 3.05) is 19.6 Å². The number of piperidine rings is 1. The molecule has 0 aliphatic carbocycles. The molecule has 6 nitrogen and oxygen atoms in total. The summed E-state index contributed by atoms with van der Waals surface area (Å²) in [6.45, 7) is 14.6. The zero-order valence-electron chi connectivity index (χ0n) is 18.5. The Morgan fingerprint density at radius 2 is 1.97 bits per heavy atom. The number of pyridine rings is 1. The third kappa shape index (κ3) is 3.06. The van der Waals surface area contributed by atoms with Gasteiger partial charge in [0, 0.05) is 23.2 Å². The van der Waals surface area contributed by atoms with Crippen LogP contribution >= 0.6 is 11.3 Å². The molecule has 158 valence electrons. The summed E-state index contributed by atoms with van der Waals surface area (Å²) >= 11 is 1.86. The van der Waals surface area contributed by atoms with Crippen LogP contribution in [-0.2, 0) is 0 Å². The summed E-state index contributed by atoms with van der Waals surface area (Å²) in [7, 11) is 0. The number of likely N-dealkylation sites (tertiary alicyclic amines) is 1. The van der Waals surface area contributed by atoms with E-state index in [1.807, 2.05) is 15.9 Å². The predicted octanol–water partition coefficient (Wildman–Crippen LogP) is 5.27. The molecule has 4 aromatic heterocycles. The van der Waals surface area contributed by atoms with Gasteiger partial charge < -0.3 is 9.88 Å². The van der Waals surface area contributed by atoms with Gasteiger partial charge in [-0.2, -0.15) is 5.10 Å². The second-order valence-electron chi connectivity index (χ2n) is 8.83. The molecule has 30 heavy (non-hydrogen) atoms. The molecule has 0 spiro atoms. The summed E-state index contributed by atoms with van der Waals surface area (Å²) in [5, 5.41) is 5.69. The normalized spacial score (nSPS) is 16.5. The standard InChI is InChI=1S/C23H30N6S/c1-6-28-9-7-16(8-10-28)22-27-20-18(13(2)3)19(26-23(20)30-22)17-11-29-21(24-12-25-29)15(5)14(17)4/h11-13,16,26H,6-10H2,1-5H3. The number of nitrogens with zero attached hydrogens (tertiary/aromatic N) is 5. The topological polar surface area (TPSA) is 62.1 Å². The summed E-state index contributed by atoms with van der Waals surface area (Å²) in [4.78, 5) is 17.1. The molecule has 5 heterocycles. The summed E-state index contributed by atoms with van der Waals surface area (Å²) in [6.07, 6.45) is 6.16. The summed E-state index contributed by atoms with van der Waals surface area (Å²) < 4.78 is 1.89. The first-order chi connectivity index (χ1) is 14.5. The van der Waals surface area contributed by atoms with Crippen molar-refractivity contribution in [3.05, 3.63) is 34.2 Å². The maximum absolute atomic E-state index is 5.19. The molecule has 4 aromatic rings. The smallest absolute Gasteiger partial charge is 0.158 e. The lowest BCUT2D eigenvalue weighted by Crippen LogP contribution is -2.32. The second-order valence-corrected chi connectivity index (χ2v) is 9.86. The maximum Gasteiger partial charge on any atom is 0.158 e. The predicted molar refractivity (Wildman–Crippen MR) is 124 cm³/mol. The number of nitrogens with one attached hydrogen (secondary N) is 1. The third-order valence-corrected chi connectivity index (χ3v) is 7.90. The fourth-order valence-corrected chi connectivity index (χ4v) is 5.96. The summed E-state index contributed by atoms with van der Waals surface area (Å²) in [6, 6.07) is 0. The highest BCUT2D eigenvalue weighted by Gasteiger charge is 2.26. The Morgan fingerprint density at radius 1 is 1.20 bits per heavy atom. The van der Waals surface area contributed by atoms with Crippen molar-refractivity contribution in [3.8, 4) is 11.3 Å². The van der Waals surface area contributed by atoms with Gasteiger partial charge in [0.2, 0.25) is 0 Å². The van der Waals surface area contributed by atoms with Crippen LogP contribution in [0.5, 0.6) is 0 Å². The fourth-order valence-electron chi connectivity index (χ4n) is 4.80. The van der Waals surface area contributed by atoms with Crippen molar-refractivity contribution in [1.82, 2.24) is 29.5 Å². The van der Waals surface area contributed by atoms with E-state index >= 15 is 0 Å². The van der Waals surface area contributed by atoms with Crippen molar-refractivity contribution in [3.63, 3.8) is 0 Å². The van der Waals surface area contributed by atoms with Gasteiger partial charge in [-0.25, -0.2) is 14.5 Å². The molecule has 5 rings (SSSR count). The van der Waals surface area contributed by atoms with E-state index in [2.05, 4.69) is 60.8 Å². The Labute approximate surface area is 181 Å². The van der Waals surface area contributed by atoms with Gasteiger partial charge in [0.05, 0.1) is 10.7 Å². The molecule has 0 radical (unpaired) electrons. The zero-order chi connectivity index (χ0) is 21.0. The van der Waals surface area contributed by atoms with E-state index in [-0.39, 0.29) is 0 Å². The Balaban J connectivity index is 1.60. The number of fused-ring (bicyclic) bond motifs is 2. The van der Waals surface area contributed by atoms with Gasteiger partial charge in [-0.05, 0) is 63.4 Å². The molecule has 0 saturated carbocycles. The molecule has 0 amide bonds. The first kappa shape index (κ1) is 19.7. The van der Waals surface area contributed by atoms with Crippen LogP contribution in [0.2, 0.25) is 0 Å². The summed E-state index contributed by atoms with van der Waals surface area (Å²) in [5.74, 6) is 0.981. The van der Waals surface area contributed by atoms with Gasteiger partial charge >= 0.3 is 0 Å². The molecular weight excluding hydrogens is 392 g/mol. The summed E-state index contributed by atoms with van der Waals surface area (Å²) in [5.41, 5.74) is 8.21. The molecule has 1 aliphatic heterocycles. The van der Waals surface area contributed by atoms with E-state index in [9.17, 15) is 0 Å². The minimum atomic E-state index is 0.386. The van der Waals surface area contributed by atoms with Gasteiger partial charge in [0.15, 0.2) is 5.65 Å². The highest BCUT2D eigenvalue weighted by atomic mass is 32.1. The number of hydrogen-bond acceptors (Lipinski definition) is 5. The van der Waals surface area contributed by atoms with E-state index in [1.54, 1.807) is 6.33 Å². The SMILES string of the molecule is CCN1CCC(c2nc3c(C(C)C)c(-c4cn5ncnc5c(C)c4C)[nH]c3s2)CC1. The van der Waals surface area contributed by atoms with Crippen molar-refractivity contribution >= 4 is 27.3 Å². The van der Waals surface area contributed by atoms with Crippen LogP contribution in [0, 0.1) is 13.8 Å². The van der Waals surface area contributed by atoms with E-state index < -0.39 is 0 Å². The van der Waals surface area contributed by atoms with Crippen LogP contribution < -0.4 is 0 Å². The average molecular weight is 423 g/mol. The van der Waals surface area contributed by atoms with E-state index in [4.69, 9.17) is 4.98 Å². The Morgan fingerprint density at radius 3 is 2.67 bits per heavy atom. The number of aryl methyl sites for hydroxylation is 1.